The normalized spacial score (nSPS) is 17.9. The molecule has 3 aromatic rings. The van der Waals surface area contributed by atoms with E-state index < -0.39 is 18.1 Å². The van der Waals surface area contributed by atoms with E-state index in [2.05, 4.69) is 0 Å². The maximum atomic E-state index is 14.0. The summed E-state index contributed by atoms with van der Waals surface area (Å²) in [6, 6.07) is 17.7. The van der Waals surface area contributed by atoms with E-state index in [0.29, 0.717) is 22.6 Å². The molecule has 1 aliphatic heterocycles. The quantitative estimate of drug-likeness (QED) is 0.394. The average Bonchev–Trinajstić information content (AvgIpc) is 3.48. The number of rotatable bonds is 9. The highest BCUT2D eigenvalue weighted by atomic mass is 19.1. The first-order valence-electron chi connectivity index (χ1n) is 13.2. The Morgan fingerprint density at radius 1 is 1.03 bits per heavy atom. The third-order valence-electron chi connectivity index (χ3n) is 7.48. The second-order valence-corrected chi connectivity index (χ2v) is 10.0. The SMILES string of the molecule is COc1ccc2c(c1OCc1ccc(F)cc1)CC(C(=O)O)N(C(=O)C(OC1CCCC1)c1ccccc1)C2. The number of amides is 1. The van der Waals surface area contributed by atoms with E-state index in [0.717, 1.165) is 36.8 Å². The highest BCUT2D eigenvalue weighted by molar-refractivity contribution is 5.88. The Hall–Kier alpha value is -3.91. The molecule has 1 aliphatic carbocycles. The van der Waals surface area contributed by atoms with Gasteiger partial charge in [-0.05, 0) is 47.7 Å². The molecule has 0 radical (unpaired) electrons. The van der Waals surface area contributed by atoms with Crippen LogP contribution in [0.5, 0.6) is 11.5 Å². The molecular weight excluding hydrogens is 501 g/mol. The minimum absolute atomic E-state index is 0.0322. The number of carboxylic acids is 1. The van der Waals surface area contributed by atoms with Crippen LogP contribution >= 0.6 is 0 Å². The molecule has 7 nitrogen and oxygen atoms in total. The number of benzene rings is 3. The molecule has 0 saturated heterocycles. The average molecular weight is 534 g/mol. The van der Waals surface area contributed by atoms with Crippen molar-refractivity contribution < 1.29 is 33.3 Å². The van der Waals surface area contributed by atoms with Gasteiger partial charge >= 0.3 is 5.97 Å². The number of aliphatic carboxylic acids is 1. The van der Waals surface area contributed by atoms with Crippen molar-refractivity contribution in [2.45, 2.75) is 63.5 Å². The van der Waals surface area contributed by atoms with E-state index in [9.17, 15) is 19.1 Å². The number of carbonyl (C=O) groups is 2. The predicted molar refractivity (Wildman–Crippen MR) is 142 cm³/mol. The second-order valence-electron chi connectivity index (χ2n) is 10.0. The fourth-order valence-electron chi connectivity index (χ4n) is 5.40. The van der Waals surface area contributed by atoms with Crippen molar-refractivity contribution in [3.8, 4) is 11.5 Å². The molecule has 0 bridgehead atoms. The van der Waals surface area contributed by atoms with Gasteiger partial charge in [0.1, 0.15) is 18.5 Å². The Bertz CT molecular complexity index is 1310. The van der Waals surface area contributed by atoms with E-state index in [4.69, 9.17) is 14.2 Å². The highest BCUT2D eigenvalue weighted by Gasteiger charge is 2.41. The van der Waals surface area contributed by atoms with Crippen LogP contribution in [-0.2, 0) is 33.9 Å². The van der Waals surface area contributed by atoms with Crippen molar-refractivity contribution in [1.29, 1.82) is 0 Å². The zero-order valence-corrected chi connectivity index (χ0v) is 21.8. The van der Waals surface area contributed by atoms with Crippen molar-refractivity contribution in [3.05, 3.63) is 94.8 Å². The van der Waals surface area contributed by atoms with Gasteiger partial charge in [0, 0.05) is 18.5 Å². The Morgan fingerprint density at radius 3 is 2.41 bits per heavy atom. The van der Waals surface area contributed by atoms with Gasteiger partial charge in [-0.25, -0.2) is 9.18 Å². The van der Waals surface area contributed by atoms with Crippen LogP contribution in [0, 0.1) is 5.82 Å². The van der Waals surface area contributed by atoms with Crippen LogP contribution in [0.25, 0.3) is 0 Å². The fraction of sp³-hybridized carbons (Fsp3) is 0.355. The standard InChI is InChI=1S/C31H32FNO6/c1-37-27-16-13-22-18-33(30(34)28(21-7-3-2-4-8-21)39-24-9-5-6-10-24)26(31(35)36)17-25(22)29(27)38-19-20-11-14-23(32)15-12-20/h2-4,7-8,11-16,24,26,28H,5-6,9-10,17-19H2,1H3,(H,35,36). The Morgan fingerprint density at radius 2 is 1.74 bits per heavy atom. The van der Waals surface area contributed by atoms with Crippen molar-refractivity contribution in [2.75, 3.05) is 7.11 Å². The summed E-state index contributed by atoms with van der Waals surface area (Å²) in [5, 5.41) is 10.2. The van der Waals surface area contributed by atoms with Gasteiger partial charge in [-0.2, -0.15) is 0 Å². The number of hydrogen-bond donors (Lipinski definition) is 1. The summed E-state index contributed by atoms with van der Waals surface area (Å²) in [4.78, 5) is 27.9. The van der Waals surface area contributed by atoms with Crippen LogP contribution in [0.1, 0.15) is 54.0 Å². The minimum atomic E-state index is -1.11. The first-order valence-corrected chi connectivity index (χ1v) is 13.2. The van der Waals surface area contributed by atoms with Crippen LogP contribution in [-0.4, -0.2) is 41.1 Å². The number of methoxy groups -OCH3 is 1. The third-order valence-corrected chi connectivity index (χ3v) is 7.48. The van der Waals surface area contributed by atoms with Crippen molar-refractivity contribution in [1.82, 2.24) is 4.90 Å². The lowest BCUT2D eigenvalue weighted by molar-refractivity contribution is -0.160. The lowest BCUT2D eigenvalue weighted by atomic mass is 9.91. The molecule has 5 rings (SSSR count). The first kappa shape index (κ1) is 26.7. The van der Waals surface area contributed by atoms with E-state index in [1.54, 1.807) is 18.2 Å². The Kier molecular flexibility index (Phi) is 8.12. The monoisotopic (exact) mass is 533 g/mol. The van der Waals surface area contributed by atoms with Gasteiger partial charge in [0.15, 0.2) is 17.6 Å². The molecular formula is C31H32FNO6. The van der Waals surface area contributed by atoms with Gasteiger partial charge in [0.2, 0.25) is 0 Å². The van der Waals surface area contributed by atoms with Gasteiger partial charge in [-0.1, -0.05) is 61.4 Å². The number of nitrogens with zero attached hydrogens (tertiary/aromatic N) is 1. The number of carboxylic acid groups (broad SMARTS) is 1. The third kappa shape index (κ3) is 5.91. The molecule has 0 aromatic heterocycles. The van der Waals surface area contributed by atoms with Crippen molar-refractivity contribution in [3.63, 3.8) is 0 Å². The summed E-state index contributed by atoms with van der Waals surface area (Å²) in [6.45, 7) is 0.248. The number of ether oxygens (including phenoxy) is 3. The van der Waals surface area contributed by atoms with Crippen LogP contribution in [0.15, 0.2) is 66.7 Å². The second kappa shape index (κ2) is 11.9. The Labute approximate surface area is 227 Å². The fourth-order valence-corrected chi connectivity index (χ4v) is 5.40. The molecule has 1 saturated carbocycles. The van der Waals surface area contributed by atoms with Crippen LogP contribution < -0.4 is 9.47 Å². The Balaban J connectivity index is 1.45. The van der Waals surface area contributed by atoms with Gasteiger partial charge in [0.05, 0.1) is 13.2 Å². The van der Waals surface area contributed by atoms with Gasteiger partial charge in [-0.15, -0.1) is 0 Å². The summed E-state index contributed by atoms with van der Waals surface area (Å²) in [6.07, 6.45) is 3.01. The topological polar surface area (TPSA) is 85.3 Å². The van der Waals surface area contributed by atoms with Crippen LogP contribution in [0.4, 0.5) is 4.39 Å². The van der Waals surface area contributed by atoms with Crippen molar-refractivity contribution >= 4 is 11.9 Å². The first-order chi connectivity index (χ1) is 18.9. The molecule has 1 amide bonds. The van der Waals surface area contributed by atoms with E-state index in [-0.39, 0.29) is 37.4 Å². The number of hydrogen-bond acceptors (Lipinski definition) is 5. The molecule has 3 aromatic carbocycles. The highest BCUT2D eigenvalue weighted by Crippen LogP contribution is 2.40. The molecule has 39 heavy (non-hydrogen) atoms. The summed E-state index contributed by atoms with van der Waals surface area (Å²) in [5.74, 6) is -0.913. The zero-order chi connectivity index (χ0) is 27.4. The van der Waals surface area contributed by atoms with E-state index >= 15 is 0 Å². The van der Waals surface area contributed by atoms with E-state index in [1.807, 2.05) is 36.4 Å². The van der Waals surface area contributed by atoms with Gasteiger partial charge in [0.25, 0.3) is 5.91 Å². The number of carbonyl (C=O) groups excluding carboxylic acids is 1. The molecule has 8 heteroatoms. The maximum Gasteiger partial charge on any atom is 0.326 e. The number of halogens is 1. The summed E-state index contributed by atoms with van der Waals surface area (Å²) in [7, 11) is 1.52. The minimum Gasteiger partial charge on any atom is -0.493 e. The number of fused-ring (bicyclic) bond motifs is 1. The molecule has 2 atom stereocenters. The molecule has 204 valence electrons. The van der Waals surface area contributed by atoms with E-state index in [1.165, 1.54) is 24.1 Å². The summed E-state index contributed by atoms with van der Waals surface area (Å²) in [5.41, 5.74) is 2.93. The summed E-state index contributed by atoms with van der Waals surface area (Å²) < 4.78 is 31.3. The molecule has 2 unspecified atom stereocenters. The lowest BCUT2D eigenvalue weighted by Gasteiger charge is -2.37. The van der Waals surface area contributed by atoms with Gasteiger partial charge < -0.3 is 24.2 Å². The molecule has 2 aliphatic rings. The van der Waals surface area contributed by atoms with Gasteiger partial charge in [-0.3, -0.25) is 4.79 Å². The largest absolute Gasteiger partial charge is 0.493 e. The smallest absolute Gasteiger partial charge is 0.326 e. The van der Waals surface area contributed by atoms with Crippen molar-refractivity contribution in [2.24, 2.45) is 0 Å². The molecule has 0 spiro atoms. The molecule has 1 fully saturated rings. The predicted octanol–water partition coefficient (Wildman–Crippen LogP) is 5.45. The maximum absolute atomic E-state index is 14.0. The zero-order valence-electron chi connectivity index (χ0n) is 21.8. The lowest BCUT2D eigenvalue weighted by Crippen LogP contribution is -2.50. The summed E-state index contributed by atoms with van der Waals surface area (Å²) >= 11 is 0. The van der Waals surface area contributed by atoms with Crippen LogP contribution in [0.3, 0.4) is 0 Å². The van der Waals surface area contributed by atoms with Crippen LogP contribution in [0.2, 0.25) is 0 Å². The molecule has 1 N–H and O–H groups in total. The molecule has 1 heterocycles.